The summed E-state index contributed by atoms with van der Waals surface area (Å²) in [5.41, 5.74) is 2.95. The Hall–Kier alpha value is -2.85. The molecule has 1 heterocycles. The van der Waals surface area contributed by atoms with Crippen LogP contribution < -0.4 is 10.0 Å². The third-order valence-corrected chi connectivity index (χ3v) is 5.16. The number of aryl methyl sites for hydroxylation is 1. The molecule has 0 saturated heterocycles. The van der Waals surface area contributed by atoms with Crippen molar-refractivity contribution < 1.29 is 13.2 Å². The van der Waals surface area contributed by atoms with E-state index in [2.05, 4.69) is 20.2 Å². The molecule has 146 valence electrons. The molecule has 28 heavy (non-hydrogen) atoms. The zero-order chi connectivity index (χ0) is 20.1. The minimum Gasteiger partial charge on any atom is -0.325 e. The van der Waals surface area contributed by atoms with Crippen LogP contribution in [0.5, 0.6) is 0 Å². The number of amides is 1. The maximum atomic E-state index is 12.3. The van der Waals surface area contributed by atoms with Crippen molar-refractivity contribution >= 4 is 39.1 Å². The van der Waals surface area contributed by atoms with Crippen LogP contribution in [0.2, 0.25) is 0 Å². The van der Waals surface area contributed by atoms with Crippen LogP contribution in [-0.2, 0) is 14.8 Å². The predicted molar refractivity (Wildman–Crippen MR) is 110 cm³/mol. The highest BCUT2D eigenvalue weighted by molar-refractivity contribution is 7.99. The van der Waals surface area contributed by atoms with Gasteiger partial charge in [0.2, 0.25) is 15.9 Å². The standard InChI is InChI=1S/C18H19N5O3S2/c1-13-6-8-16(9-7-13)23-12-19-21-18(23)27-11-17(24)20-14-4-3-5-15(10-14)22-28(2,25)26/h3-10,12,22H,11H2,1-2H3,(H,20,24). The summed E-state index contributed by atoms with van der Waals surface area (Å²) in [4.78, 5) is 12.3. The highest BCUT2D eigenvalue weighted by atomic mass is 32.2. The van der Waals surface area contributed by atoms with E-state index < -0.39 is 10.0 Å². The largest absolute Gasteiger partial charge is 0.325 e. The molecule has 3 rings (SSSR count). The van der Waals surface area contributed by atoms with Gasteiger partial charge in [-0.25, -0.2) is 8.42 Å². The van der Waals surface area contributed by atoms with Crippen molar-refractivity contribution in [2.45, 2.75) is 12.1 Å². The number of carbonyl (C=O) groups excluding carboxylic acids is 1. The molecule has 0 atom stereocenters. The third-order valence-electron chi connectivity index (χ3n) is 3.61. The molecule has 1 aromatic heterocycles. The van der Waals surface area contributed by atoms with E-state index >= 15 is 0 Å². The summed E-state index contributed by atoms with van der Waals surface area (Å²) in [6.07, 6.45) is 2.67. The lowest BCUT2D eigenvalue weighted by Gasteiger charge is -2.09. The molecule has 0 fully saturated rings. The van der Waals surface area contributed by atoms with Crippen LogP contribution >= 0.6 is 11.8 Å². The summed E-state index contributed by atoms with van der Waals surface area (Å²) in [6, 6.07) is 14.4. The number of nitrogens with zero attached hydrogens (tertiary/aromatic N) is 3. The second-order valence-electron chi connectivity index (χ2n) is 6.11. The van der Waals surface area contributed by atoms with Crippen LogP contribution in [0.15, 0.2) is 60.0 Å². The Bertz CT molecular complexity index is 1080. The lowest BCUT2D eigenvalue weighted by Crippen LogP contribution is -2.15. The van der Waals surface area contributed by atoms with Gasteiger partial charge in [0.1, 0.15) is 6.33 Å². The molecule has 0 aliphatic heterocycles. The Morgan fingerprint density at radius 2 is 1.86 bits per heavy atom. The third kappa shape index (κ3) is 5.57. The number of sulfonamides is 1. The summed E-state index contributed by atoms with van der Waals surface area (Å²) in [5.74, 6) is -0.103. The van der Waals surface area contributed by atoms with Gasteiger partial charge in [-0.2, -0.15) is 0 Å². The zero-order valence-corrected chi connectivity index (χ0v) is 16.9. The predicted octanol–water partition coefficient (Wildman–Crippen LogP) is 2.68. The Morgan fingerprint density at radius 3 is 2.57 bits per heavy atom. The van der Waals surface area contributed by atoms with Gasteiger partial charge in [-0.05, 0) is 37.3 Å². The van der Waals surface area contributed by atoms with E-state index in [-0.39, 0.29) is 11.7 Å². The van der Waals surface area contributed by atoms with E-state index in [1.54, 1.807) is 30.6 Å². The number of anilines is 2. The van der Waals surface area contributed by atoms with Crippen LogP contribution in [0, 0.1) is 6.92 Å². The first-order chi connectivity index (χ1) is 13.3. The molecule has 0 radical (unpaired) electrons. The lowest BCUT2D eigenvalue weighted by atomic mass is 10.2. The van der Waals surface area contributed by atoms with Crippen LogP contribution in [-0.4, -0.2) is 41.1 Å². The molecule has 1 amide bonds. The highest BCUT2D eigenvalue weighted by Gasteiger charge is 2.11. The highest BCUT2D eigenvalue weighted by Crippen LogP contribution is 2.21. The first kappa shape index (κ1) is 19.9. The summed E-state index contributed by atoms with van der Waals surface area (Å²) in [6.45, 7) is 2.01. The summed E-state index contributed by atoms with van der Waals surface area (Å²) in [7, 11) is -3.38. The number of hydrogen-bond donors (Lipinski definition) is 2. The minimum atomic E-state index is -3.38. The van der Waals surface area contributed by atoms with Gasteiger partial charge < -0.3 is 5.32 Å². The monoisotopic (exact) mass is 417 g/mol. The summed E-state index contributed by atoms with van der Waals surface area (Å²) in [5, 5.41) is 11.3. The summed E-state index contributed by atoms with van der Waals surface area (Å²) < 4.78 is 26.8. The fraction of sp³-hybridized carbons (Fsp3) is 0.167. The van der Waals surface area contributed by atoms with E-state index in [1.807, 2.05) is 35.8 Å². The second-order valence-corrected chi connectivity index (χ2v) is 8.80. The smallest absolute Gasteiger partial charge is 0.234 e. The molecule has 0 bridgehead atoms. The molecule has 2 aromatic carbocycles. The van der Waals surface area contributed by atoms with Gasteiger partial charge in [-0.3, -0.25) is 14.1 Å². The molecule has 10 heteroatoms. The first-order valence-corrected chi connectivity index (χ1v) is 11.2. The molecule has 0 saturated carbocycles. The minimum absolute atomic E-state index is 0.133. The van der Waals surface area contributed by atoms with Gasteiger partial charge in [-0.1, -0.05) is 35.5 Å². The van der Waals surface area contributed by atoms with Gasteiger partial charge in [0, 0.05) is 11.4 Å². The van der Waals surface area contributed by atoms with Crippen molar-refractivity contribution in [3.63, 3.8) is 0 Å². The maximum Gasteiger partial charge on any atom is 0.234 e. The Labute approximate surface area is 167 Å². The summed E-state index contributed by atoms with van der Waals surface area (Å²) >= 11 is 1.26. The van der Waals surface area contributed by atoms with Crippen LogP contribution in [0.3, 0.4) is 0 Å². The van der Waals surface area contributed by atoms with Gasteiger partial charge in [-0.15, -0.1) is 10.2 Å². The number of nitrogens with one attached hydrogen (secondary N) is 2. The van der Waals surface area contributed by atoms with Crippen molar-refractivity contribution in [1.82, 2.24) is 14.8 Å². The molecule has 0 unspecified atom stereocenters. The molecule has 8 nitrogen and oxygen atoms in total. The maximum absolute atomic E-state index is 12.3. The van der Waals surface area contributed by atoms with E-state index in [0.29, 0.717) is 16.5 Å². The average Bonchev–Trinajstić information content (AvgIpc) is 3.08. The Morgan fingerprint density at radius 1 is 1.14 bits per heavy atom. The molecular weight excluding hydrogens is 398 g/mol. The van der Waals surface area contributed by atoms with Crippen molar-refractivity contribution in [1.29, 1.82) is 0 Å². The lowest BCUT2D eigenvalue weighted by molar-refractivity contribution is -0.113. The van der Waals surface area contributed by atoms with Crippen LogP contribution in [0.4, 0.5) is 11.4 Å². The Balaban J connectivity index is 1.62. The van der Waals surface area contributed by atoms with Crippen molar-refractivity contribution in [3.05, 3.63) is 60.4 Å². The number of rotatable bonds is 7. The first-order valence-electron chi connectivity index (χ1n) is 8.28. The molecule has 0 aliphatic rings. The quantitative estimate of drug-likeness (QED) is 0.573. The topological polar surface area (TPSA) is 106 Å². The van der Waals surface area contributed by atoms with Crippen LogP contribution in [0.1, 0.15) is 5.56 Å². The average molecular weight is 418 g/mol. The second kappa shape index (κ2) is 8.44. The van der Waals surface area contributed by atoms with Crippen molar-refractivity contribution in [2.75, 3.05) is 22.0 Å². The number of benzene rings is 2. The fourth-order valence-corrected chi connectivity index (χ4v) is 3.69. The van der Waals surface area contributed by atoms with Gasteiger partial charge in [0.05, 0.1) is 17.7 Å². The number of hydrogen-bond acceptors (Lipinski definition) is 6. The van der Waals surface area contributed by atoms with E-state index in [9.17, 15) is 13.2 Å². The molecule has 2 N–H and O–H groups in total. The zero-order valence-electron chi connectivity index (χ0n) is 15.3. The molecule has 0 spiro atoms. The van der Waals surface area contributed by atoms with E-state index in [1.165, 1.54) is 11.8 Å². The SMILES string of the molecule is Cc1ccc(-n2cnnc2SCC(=O)Nc2cccc(NS(C)(=O)=O)c2)cc1. The number of aromatic nitrogens is 3. The Kier molecular flexibility index (Phi) is 6.00. The van der Waals surface area contributed by atoms with E-state index in [0.717, 1.165) is 17.5 Å². The normalized spacial score (nSPS) is 11.2. The molecule has 0 aliphatic carbocycles. The molecule has 3 aromatic rings. The number of carbonyl (C=O) groups is 1. The van der Waals surface area contributed by atoms with Gasteiger partial charge >= 0.3 is 0 Å². The van der Waals surface area contributed by atoms with Gasteiger partial charge in [0.15, 0.2) is 5.16 Å². The van der Waals surface area contributed by atoms with Gasteiger partial charge in [0.25, 0.3) is 0 Å². The van der Waals surface area contributed by atoms with Crippen molar-refractivity contribution in [2.24, 2.45) is 0 Å². The van der Waals surface area contributed by atoms with E-state index in [4.69, 9.17) is 0 Å². The van der Waals surface area contributed by atoms with Crippen molar-refractivity contribution in [3.8, 4) is 5.69 Å². The molecular formula is C18H19N5O3S2. The van der Waals surface area contributed by atoms with Crippen LogP contribution in [0.25, 0.3) is 5.69 Å². The fourth-order valence-electron chi connectivity index (χ4n) is 2.41. The number of thioether (sulfide) groups is 1.